The third-order valence-electron chi connectivity index (χ3n) is 2.48. The van der Waals surface area contributed by atoms with E-state index >= 15 is 0 Å². The van der Waals surface area contributed by atoms with E-state index in [0.717, 1.165) is 11.9 Å². The fourth-order valence-corrected chi connectivity index (χ4v) is 2.08. The molecular formula is C11H11N5O3S. The average molecular weight is 293 g/mol. The fourth-order valence-electron chi connectivity index (χ4n) is 1.52. The maximum absolute atomic E-state index is 12.1. The maximum Gasteiger partial charge on any atom is 0.288 e. The van der Waals surface area contributed by atoms with Crippen molar-refractivity contribution >= 4 is 28.7 Å². The van der Waals surface area contributed by atoms with E-state index in [1.54, 1.807) is 12.6 Å². The van der Waals surface area contributed by atoms with Crippen LogP contribution < -0.4 is 10.6 Å². The van der Waals surface area contributed by atoms with Crippen LogP contribution in [0.4, 0.5) is 11.5 Å². The van der Waals surface area contributed by atoms with Crippen LogP contribution in [0.15, 0.2) is 23.2 Å². The summed E-state index contributed by atoms with van der Waals surface area (Å²) in [6.07, 6.45) is 1.10. The summed E-state index contributed by atoms with van der Waals surface area (Å²) in [4.78, 5) is 30.1. The second-order valence-corrected chi connectivity index (χ2v) is 4.48. The first-order valence-corrected chi connectivity index (χ1v) is 6.53. The summed E-state index contributed by atoms with van der Waals surface area (Å²) in [7, 11) is 1.59. The SMILES string of the molecule is CNc1ncc([N+](=O)[O-])cc1C(=O)NCc1cscn1. The molecule has 0 saturated heterocycles. The summed E-state index contributed by atoms with van der Waals surface area (Å²) >= 11 is 1.42. The lowest BCUT2D eigenvalue weighted by molar-refractivity contribution is -0.385. The number of nitrogens with one attached hydrogen (secondary N) is 2. The molecule has 0 atom stereocenters. The molecule has 0 aromatic carbocycles. The third-order valence-corrected chi connectivity index (χ3v) is 3.11. The molecule has 0 aliphatic heterocycles. The van der Waals surface area contributed by atoms with Gasteiger partial charge in [0.1, 0.15) is 12.0 Å². The molecule has 0 fully saturated rings. The summed E-state index contributed by atoms with van der Waals surface area (Å²) < 4.78 is 0. The van der Waals surface area contributed by atoms with E-state index in [2.05, 4.69) is 20.6 Å². The highest BCUT2D eigenvalue weighted by Crippen LogP contribution is 2.18. The van der Waals surface area contributed by atoms with Crippen molar-refractivity contribution in [3.8, 4) is 0 Å². The first-order chi connectivity index (χ1) is 9.61. The van der Waals surface area contributed by atoms with E-state index in [9.17, 15) is 14.9 Å². The Morgan fingerprint density at radius 1 is 1.50 bits per heavy atom. The molecule has 0 spiro atoms. The number of nitro groups is 1. The Kier molecular flexibility index (Phi) is 4.20. The Bertz CT molecular complexity index is 629. The molecular weight excluding hydrogens is 282 g/mol. The van der Waals surface area contributed by atoms with E-state index in [0.29, 0.717) is 0 Å². The minimum Gasteiger partial charge on any atom is -0.372 e. The number of hydrogen-bond acceptors (Lipinski definition) is 7. The summed E-state index contributed by atoms with van der Waals surface area (Å²) in [5, 5.41) is 17.9. The van der Waals surface area contributed by atoms with Crippen LogP contribution in [0, 0.1) is 10.1 Å². The van der Waals surface area contributed by atoms with Crippen LogP contribution in [0.3, 0.4) is 0 Å². The van der Waals surface area contributed by atoms with Gasteiger partial charge in [0.05, 0.1) is 28.2 Å². The van der Waals surface area contributed by atoms with Gasteiger partial charge in [-0.15, -0.1) is 11.3 Å². The lowest BCUT2D eigenvalue weighted by Crippen LogP contribution is -2.24. The minimum atomic E-state index is -0.594. The molecule has 1 amide bonds. The highest BCUT2D eigenvalue weighted by Gasteiger charge is 2.17. The number of pyridine rings is 1. The van der Waals surface area contributed by atoms with Crippen LogP contribution in [0.2, 0.25) is 0 Å². The van der Waals surface area contributed by atoms with Crippen molar-refractivity contribution in [1.82, 2.24) is 15.3 Å². The van der Waals surface area contributed by atoms with Crippen molar-refractivity contribution in [2.75, 3.05) is 12.4 Å². The molecule has 2 aromatic heterocycles. The third kappa shape index (κ3) is 3.06. The number of carbonyl (C=O) groups is 1. The van der Waals surface area contributed by atoms with Crippen molar-refractivity contribution < 1.29 is 9.72 Å². The van der Waals surface area contributed by atoms with Gasteiger partial charge in [-0.1, -0.05) is 0 Å². The first kappa shape index (κ1) is 13.9. The predicted octanol–water partition coefficient (Wildman–Crippen LogP) is 1.42. The lowest BCUT2D eigenvalue weighted by atomic mass is 10.2. The van der Waals surface area contributed by atoms with Crippen LogP contribution in [-0.2, 0) is 6.54 Å². The van der Waals surface area contributed by atoms with Gasteiger partial charge in [-0.05, 0) is 0 Å². The normalized spacial score (nSPS) is 10.1. The molecule has 104 valence electrons. The maximum atomic E-state index is 12.1. The van der Waals surface area contributed by atoms with Crippen molar-refractivity contribution in [1.29, 1.82) is 0 Å². The molecule has 0 radical (unpaired) electrons. The van der Waals surface area contributed by atoms with Crippen LogP contribution in [-0.4, -0.2) is 27.8 Å². The molecule has 20 heavy (non-hydrogen) atoms. The zero-order chi connectivity index (χ0) is 14.5. The summed E-state index contributed by atoms with van der Waals surface area (Å²) in [6, 6.07) is 1.19. The smallest absolute Gasteiger partial charge is 0.288 e. The van der Waals surface area contributed by atoms with Crippen LogP contribution in [0.1, 0.15) is 16.1 Å². The summed E-state index contributed by atoms with van der Waals surface area (Å²) in [5.41, 5.74) is 2.28. The molecule has 2 N–H and O–H groups in total. The topological polar surface area (TPSA) is 110 Å². The lowest BCUT2D eigenvalue weighted by Gasteiger charge is -2.08. The van der Waals surface area contributed by atoms with E-state index in [-0.39, 0.29) is 23.6 Å². The van der Waals surface area contributed by atoms with E-state index in [4.69, 9.17) is 0 Å². The molecule has 2 rings (SSSR count). The number of anilines is 1. The van der Waals surface area contributed by atoms with E-state index in [1.165, 1.54) is 17.4 Å². The Hall–Kier alpha value is -2.55. The number of nitrogens with zero attached hydrogens (tertiary/aromatic N) is 3. The Morgan fingerprint density at radius 3 is 2.90 bits per heavy atom. The number of thiazole rings is 1. The first-order valence-electron chi connectivity index (χ1n) is 5.59. The standard InChI is InChI=1S/C11H11N5O3S/c1-12-10-9(2-8(4-13-10)16(18)19)11(17)14-3-7-5-20-6-15-7/h2,4-6H,3H2,1H3,(H,12,13)(H,14,17). The van der Waals surface area contributed by atoms with Gasteiger partial charge in [-0.25, -0.2) is 9.97 Å². The van der Waals surface area contributed by atoms with Crippen molar-refractivity contribution in [2.45, 2.75) is 6.54 Å². The number of rotatable bonds is 5. The number of carbonyl (C=O) groups excluding carboxylic acids is 1. The van der Waals surface area contributed by atoms with Crippen LogP contribution in [0.5, 0.6) is 0 Å². The van der Waals surface area contributed by atoms with Gasteiger partial charge in [-0.3, -0.25) is 14.9 Å². The van der Waals surface area contributed by atoms with E-state index < -0.39 is 10.8 Å². The predicted molar refractivity (Wildman–Crippen MR) is 73.7 cm³/mol. The van der Waals surface area contributed by atoms with Crippen molar-refractivity contribution in [2.24, 2.45) is 0 Å². The molecule has 9 heteroatoms. The van der Waals surface area contributed by atoms with Gasteiger partial charge >= 0.3 is 0 Å². The number of amides is 1. The Labute approximate surface area is 118 Å². The highest BCUT2D eigenvalue weighted by molar-refractivity contribution is 7.07. The number of aromatic nitrogens is 2. The van der Waals surface area contributed by atoms with Crippen LogP contribution in [0.25, 0.3) is 0 Å². The minimum absolute atomic E-state index is 0.122. The van der Waals surface area contributed by atoms with Gasteiger partial charge in [0.15, 0.2) is 0 Å². The molecule has 2 heterocycles. The molecule has 0 aliphatic rings. The molecule has 0 unspecified atom stereocenters. The second-order valence-electron chi connectivity index (χ2n) is 3.76. The Balaban J connectivity index is 2.18. The second kappa shape index (κ2) is 6.06. The molecule has 0 saturated carbocycles. The fraction of sp³-hybridized carbons (Fsp3) is 0.182. The Morgan fingerprint density at radius 2 is 2.30 bits per heavy atom. The van der Waals surface area contributed by atoms with Gasteiger partial charge in [0.2, 0.25) is 0 Å². The average Bonchev–Trinajstić information content (AvgIpc) is 2.97. The van der Waals surface area contributed by atoms with E-state index in [1.807, 2.05) is 5.38 Å². The quantitative estimate of drug-likeness (QED) is 0.637. The molecule has 2 aromatic rings. The van der Waals surface area contributed by atoms with Crippen molar-refractivity contribution in [3.05, 3.63) is 44.5 Å². The van der Waals surface area contributed by atoms with Crippen molar-refractivity contribution in [3.63, 3.8) is 0 Å². The van der Waals surface area contributed by atoms with Gasteiger partial charge in [0.25, 0.3) is 11.6 Å². The number of hydrogen-bond donors (Lipinski definition) is 2. The van der Waals surface area contributed by atoms with Gasteiger partial charge in [0, 0.05) is 18.5 Å². The monoisotopic (exact) mass is 293 g/mol. The van der Waals surface area contributed by atoms with Crippen LogP contribution >= 0.6 is 11.3 Å². The zero-order valence-corrected chi connectivity index (χ0v) is 11.3. The largest absolute Gasteiger partial charge is 0.372 e. The molecule has 0 aliphatic carbocycles. The summed E-state index contributed by atoms with van der Waals surface area (Å²) in [5.74, 6) is -0.162. The molecule has 8 nitrogen and oxygen atoms in total. The highest BCUT2D eigenvalue weighted by atomic mass is 32.1. The summed E-state index contributed by atoms with van der Waals surface area (Å²) in [6.45, 7) is 0.258. The van der Waals surface area contributed by atoms with Gasteiger partial charge in [-0.2, -0.15) is 0 Å². The zero-order valence-electron chi connectivity index (χ0n) is 10.5. The van der Waals surface area contributed by atoms with Gasteiger partial charge < -0.3 is 10.6 Å². The molecule has 0 bridgehead atoms.